The molecule has 2 aromatic rings. The second-order valence-corrected chi connectivity index (χ2v) is 5.74. The van der Waals surface area contributed by atoms with E-state index in [0.29, 0.717) is 22.9 Å². The van der Waals surface area contributed by atoms with Crippen molar-refractivity contribution in [3.05, 3.63) is 48.0 Å². The van der Waals surface area contributed by atoms with Gasteiger partial charge in [0.1, 0.15) is 11.5 Å². The van der Waals surface area contributed by atoms with Crippen LogP contribution in [0.5, 0.6) is 11.5 Å². The number of benzene rings is 2. The van der Waals surface area contributed by atoms with Gasteiger partial charge in [0.05, 0.1) is 18.5 Å². The normalized spacial score (nSPS) is 18.9. The van der Waals surface area contributed by atoms with Crippen molar-refractivity contribution in [2.24, 2.45) is 0 Å². The van der Waals surface area contributed by atoms with Gasteiger partial charge in [-0.15, -0.1) is 0 Å². The van der Waals surface area contributed by atoms with Gasteiger partial charge >= 0.3 is 0 Å². The molecule has 2 amide bonds. The number of aryl methyl sites for hydroxylation is 1. The van der Waals surface area contributed by atoms with Crippen LogP contribution in [0.15, 0.2) is 42.5 Å². The van der Waals surface area contributed by atoms with Gasteiger partial charge in [-0.1, -0.05) is 18.2 Å². The number of anilines is 2. The Bertz CT molecular complexity index is 818. The van der Waals surface area contributed by atoms with E-state index in [0.717, 1.165) is 5.56 Å². The molecule has 24 heavy (non-hydrogen) atoms. The Morgan fingerprint density at radius 2 is 2.00 bits per heavy atom. The first-order valence-electron chi connectivity index (χ1n) is 7.49. The maximum atomic E-state index is 12.7. The van der Waals surface area contributed by atoms with Crippen LogP contribution in [0.1, 0.15) is 12.5 Å². The van der Waals surface area contributed by atoms with E-state index in [1.165, 1.54) is 14.0 Å². The number of ether oxygens (including phenoxy) is 2. The summed E-state index contributed by atoms with van der Waals surface area (Å²) in [6, 6.07) is 12.4. The summed E-state index contributed by atoms with van der Waals surface area (Å²) in [6.45, 7) is 3.34. The lowest BCUT2D eigenvalue weighted by molar-refractivity contribution is -0.143. The first kappa shape index (κ1) is 15.9. The molecule has 6 heteroatoms. The maximum absolute atomic E-state index is 12.7. The summed E-state index contributed by atoms with van der Waals surface area (Å²) in [4.78, 5) is 25.1. The Kier molecular flexibility index (Phi) is 3.89. The van der Waals surface area contributed by atoms with Crippen LogP contribution in [0.25, 0.3) is 0 Å². The van der Waals surface area contributed by atoms with Crippen molar-refractivity contribution in [3.63, 3.8) is 0 Å². The van der Waals surface area contributed by atoms with Crippen molar-refractivity contribution in [1.29, 1.82) is 0 Å². The predicted molar refractivity (Wildman–Crippen MR) is 90.5 cm³/mol. The van der Waals surface area contributed by atoms with Gasteiger partial charge in [-0.05, 0) is 43.7 Å². The largest absolute Gasteiger partial charge is 0.495 e. The third-order valence-electron chi connectivity index (χ3n) is 3.92. The number of carbonyl (C=O) groups excluding carboxylic acids is 2. The average molecular weight is 326 g/mol. The highest BCUT2D eigenvalue weighted by molar-refractivity contribution is 6.19. The van der Waals surface area contributed by atoms with Crippen molar-refractivity contribution in [1.82, 2.24) is 0 Å². The van der Waals surface area contributed by atoms with Crippen molar-refractivity contribution in [3.8, 4) is 11.5 Å². The van der Waals surface area contributed by atoms with Crippen LogP contribution < -0.4 is 20.1 Å². The van der Waals surface area contributed by atoms with E-state index in [1.54, 1.807) is 36.4 Å². The molecule has 2 aromatic carbocycles. The molecular weight excluding hydrogens is 308 g/mol. The number of hydrogen-bond donors (Lipinski definition) is 2. The lowest BCUT2D eigenvalue weighted by Gasteiger charge is -2.33. The van der Waals surface area contributed by atoms with Gasteiger partial charge in [0.2, 0.25) is 0 Å². The average Bonchev–Trinajstić information content (AvgIpc) is 2.56. The molecular formula is C18H18N2O4. The maximum Gasteiger partial charge on any atom is 0.278 e. The molecule has 0 saturated heterocycles. The summed E-state index contributed by atoms with van der Waals surface area (Å²) in [6.07, 6.45) is 0. The van der Waals surface area contributed by atoms with E-state index in [9.17, 15) is 9.59 Å². The van der Waals surface area contributed by atoms with Gasteiger partial charge in [0.15, 0.2) is 0 Å². The Labute approximate surface area is 139 Å². The summed E-state index contributed by atoms with van der Waals surface area (Å²) in [7, 11) is 1.52. The van der Waals surface area contributed by atoms with Gasteiger partial charge in [0.25, 0.3) is 17.4 Å². The van der Waals surface area contributed by atoms with Crippen LogP contribution in [0, 0.1) is 6.92 Å². The van der Waals surface area contributed by atoms with Gasteiger partial charge in [-0.3, -0.25) is 9.59 Å². The summed E-state index contributed by atoms with van der Waals surface area (Å²) in [5.41, 5.74) is 0.304. The molecule has 1 heterocycles. The second kappa shape index (κ2) is 5.88. The van der Waals surface area contributed by atoms with Crippen LogP contribution in [0.3, 0.4) is 0 Å². The predicted octanol–water partition coefficient (Wildman–Crippen LogP) is 2.73. The Morgan fingerprint density at radius 1 is 1.25 bits per heavy atom. The third-order valence-corrected chi connectivity index (χ3v) is 3.92. The molecule has 0 aromatic heterocycles. The fourth-order valence-corrected chi connectivity index (χ4v) is 2.48. The number of fused-ring (bicyclic) bond motifs is 1. The van der Waals surface area contributed by atoms with Crippen LogP contribution in [-0.4, -0.2) is 24.5 Å². The van der Waals surface area contributed by atoms with Crippen LogP contribution >= 0.6 is 0 Å². The quantitative estimate of drug-likeness (QED) is 0.850. The molecule has 0 aliphatic carbocycles. The molecule has 0 spiro atoms. The number of carbonyl (C=O) groups is 2. The second-order valence-electron chi connectivity index (χ2n) is 5.74. The van der Waals surface area contributed by atoms with Gasteiger partial charge in [0, 0.05) is 0 Å². The minimum absolute atomic E-state index is 0.450. The third kappa shape index (κ3) is 2.67. The van der Waals surface area contributed by atoms with E-state index in [4.69, 9.17) is 9.47 Å². The molecule has 1 aliphatic heterocycles. The lowest BCUT2D eigenvalue weighted by Crippen LogP contribution is -2.56. The van der Waals surface area contributed by atoms with Crippen molar-refractivity contribution >= 4 is 23.2 Å². The smallest absolute Gasteiger partial charge is 0.278 e. The number of para-hydroxylation sites is 2. The SMILES string of the molecule is COc1ccc(C)cc1NC(=O)C1(C)Oc2ccccc2NC1=O. The van der Waals surface area contributed by atoms with Crippen LogP contribution in [0.2, 0.25) is 0 Å². The van der Waals surface area contributed by atoms with Crippen molar-refractivity contribution < 1.29 is 19.1 Å². The molecule has 3 rings (SSSR count). The molecule has 6 nitrogen and oxygen atoms in total. The molecule has 1 aliphatic rings. The zero-order valence-corrected chi connectivity index (χ0v) is 13.7. The standard InChI is InChI=1S/C18H18N2O4/c1-11-8-9-14(23-3)13(10-11)20-17(22)18(2)16(21)19-12-6-4-5-7-15(12)24-18/h4-10H,1-3H3,(H,19,21)(H,20,22). The Balaban J connectivity index is 1.90. The Hall–Kier alpha value is -3.02. The molecule has 1 unspecified atom stereocenters. The van der Waals surface area contributed by atoms with Gasteiger partial charge in [-0.25, -0.2) is 0 Å². The minimum Gasteiger partial charge on any atom is -0.495 e. The zero-order valence-electron chi connectivity index (χ0n) is 13.7. The van der Waals surface area contributed by atoms with E-state index in [1.807, 2.05) is 13.0 Å². The Morgan fingerprint density at radius 3 is 2.75 bits per heavy atom. The topological polar surface area (TPSA) is 76.7 Å². The van der Waals surface area contributed by atoms with E-state index >= 15 is 0 Å². The number of methoxy groups -OCH3 is 1. The first-order valence-corrected chi connectivity index (χ1v) is 7.49. The van der Waals surface area contributed by atoms with Crippen molar-refractivity contribution in [2.75, 3.05) is 17.7 Å². The van der Waals surface area contributed by atoms with E-state index in [-0.39, 0.29) is 0 Å². The monoisotopic (exact) mass is 326 g/mol. The molecule has 0 bridgehead atoms. The number of nitrogens with one attached hydrogen (secondary N) is 2. The highest BCUT2D eigenvalue weighted by Crippen LogP contribution is 2.34. The van der Waals surface area contributed by atoms with E-state index < -0.39 is 17.4 Å². The van der Waals surface area contributed by atoms with Crippen LogP contribution in [0.4, 0.5) is 11.4 Å². The van der Waals surface area contributed by atoms with Crippen LogP contribution in [-0.2, 0) is 9.59 Å². The number of amides is 2. The fourth-order valence-electron chi connectivity index (χ4n) is 2.48. The first-order chi connectivity index (χ1) is 11.4. The summed E-state index contributed by atoms with van der Waals surface area (Å²) < 4.78 is 11.0. The fraction of sp³-hybridized carbons (Fsp3) is 0.222. The number of rotatable bonds is 3. The lowest BCUT2D eigenvalue weighted by atomic mass is 10.0. The molecule has 0 saturated carbocycles. The van der Waals surface area contributed by atoms with E-state index in [2.05, 4.69) is 10.6 Å². The summed E-state index contributed by atoms with van der Waals surface area (Å²) in [5, 5.41) is 5.43. The highest BCUT2D eigenvalue weighted by Gasteiger charge is 2.47. The number of hydrogen-bond acceptors (Lipinski definition) is 4. The minimum atomic E-state index is -1.68. The van der Waals surface area contributed by atoms with Crippen molar-refractivity contribution in [2.45, 2.75) is 19.4 Å². The molecule has 0 fully saturated rings. The molecule has 0 radical (unpaired) electrons. The zero-order chi connectivity index (χ0) is 17.3. The van der Waals surface area contributed by atoms with Gasteiger partial charge in [-0.2, -0.15) is 0 Å². The summed E-state index contributed by atoms with van der Waals surface area (Å²) >= 11 is 0. The molecule has 2 N–H and O–H groups in total. The van der Waals surface area contributed by atoms with Gasteiger partial charge < -0.3 is 20.1 Å². The molecule has 1 atom stereocenters. The summed E-state index contributed by atoms with van der Waals surface area (Å²) in [5.74, 6) is -0.135. The molecule has 124 valence electrons. The highest BCUT2D eigenvalue weighted by atomic mass is 16.5.